The molecule has 1 aromatic carbocycles. The molecule has 0 bridgehead atoms. The van der Waals surface area contributed by atoms with Crippen LogP contribution in [0.3, 0.4) is 0 Å². The highest BCUT2D eigenvalue weighted by Crippen LogP contribution is 2.29. The summed E-state index contributed by atoms with van der Waals surface area (Å²) in [5, 5.41) is 2.42. The van der Waals surface area contributed by atoms with Crippen molar-refractivity contribution < 1.29 is 0 Å². The van der Waals surface area contributed by atoms with Gasteiger partial charge in [-0.25, -0.2) is 0 Å². The monoisotopic (exact) mass is 232 g/mol. The Kier molecular flexibility index (Phi) is 1.85. The maximum absolute atomic E-state index is 11.3. The van der Waals surface area contributed by atoms with Crippen LogP contribution in [-0.2, 0) is 0 Å². The van der Waals surface area contributed by atoms with Crippen molar-refractivity contribution in [3.63, 3.8) is 0 Å². The van der Waals surface area contributed by atoms with Crippen LogP contribution in [0.25, 0.3) is 21.8 Å². The maximum atomic E-state index is 11.3. The predicted octanol–water partition coefficient (Wildman–Crippen LogP) is 2.97. The summed E-state index contributed by atoms with van der Waals surface area (Å²) in [5.74, 6) is 0. The number of fused-ring (bicyclic) bond motifs is 3. The van der Waals surface area contributed by atoms with Crippen LogP contribution in [0.5, 0.6) is 0 Å². The van der Waals surface area contributed by atoms with Gasteiger partial charge in [0, 0.05) is 28.0 Å². The van der Waals surface area contributed by atoms with E-state index in [1.54, 1.807) is 0 Å². The summed E-state index contributed by atoms with van der Waals surface area (Å²) in [6, 6.07) is 7.24. The molecule has 3 aromatic rings. The second-order valence-electron chi connectivity index (χ2n) is 3.88. The van der Waals surface area contributed by atoms with E-state index in [0.29, 0.717) is 5.02 Å². The molecule has 2 aromatic heterocycles. The molecule has 0 amide bonds. The van der Waals surface area contributed by atoms with Crippen LogP contribution in [0.15, 0.2) is 29.1 Å². The second-order valence-corrected chi connectivity index (χ2v) is 4.29. The highest BCUT2D eigenvalue weighted by molar-refractivity contribution is 6.37. The SMILES string of the molecule is Cc1cc2c(ccc3[nH]c(=O)cc(Cl)c32)[nH]1. The first-order chi connectivity index (χ1) is 7.65. The van der Waals surface area contributed by atoms with Gasteiger partial charge in [-0.2, -0.15) is 0 Å². The van der Waals surface area contributed by atoms with Gasteiger partial charge in [-0.05, 0) is 25.1 Å². The van der Waals surface area contributed by atoms with E-state index >= 15 is 0 Å². The number of hydrogen-bond donors (Lipinski definition) is 2. The lowest BCUT2D eigenvalue weighted by Crippen LogP contribution is -2.03. The summed E-state index contributed by atoms with van der Waals surface area (Å²) in [6.07, 6.45) is 0. The van der Waals surface area contributed by atoms with Gasteiger partial charge in [0.25, 0.3) is 0 Å². The number of aromatic nitrogens is 2. The minimum Gasteiger partial charge on any atom is -0.359 e. The predicted molar refractivity (Wildman–Crippen MR) is 66.2 cm³/mol. The largest absolute Gasteiger partial charge is 0.359 e. The molecule has 0 saturated carbocycles. The topological polar surface area (TPSA) is 48.6 Å². The van der Waals surface area contributed by atoms with Gasteiger partial charge in [0.15, 0.2) is 0 Å². The summed E-state index contributed by atoms with van der Waals surface area (Å²) in [6.45, 7) is 1.99. The van der Waals surface area contributed by atoms with Crippen LogP contribution in [0.1, 0.15) is 5.69 Å². The third kappa shape index (κ3) is 1.25. The van der Waals surface area contributed by atoms with E-state index in [9.17, 15) is 4.79 Å². The number of halogens is 1. The zero-order valence-corrected chi connectivity index (χ0v) is 9.35. The normalized spacial score (nSPS) is 11.4. The summed E-state index contributed by atoms with van der Waals surface area (Å²) in [4.78, 5) is 17.3. The summed E-state index contributed by atoms with van der Waals surface area (Å²) in [5.41, 5.74) is 2.69. The molecule has 0 fully saturated rings. The number of rotatable bonds is 0. The Morgan fingerprint density at radius 2 is 1.88 bits per heavy atom. The van der Waals surface area contributed by atoms with Gasteiger partial charge in [-0.1, -0.05) is 11.6 Å². The number of nitrogens with one attached hydrogen (secondary N) is 2. The molecule has 4 heteroatoms. The van der Waals surface area contributed by atoms with Crippen molar-refractivity contribution >= 4 is 33.4 Å². The summed E-state index contributed by atoms with van der Waals surface area (Å²) < 4.78 is 0. The van der Waals surface area contributed by atoms with Crippen molar-refractivity contribution in [1.82, 2.24) is 9.97 Å². The van der Waals surface area contributed by atoms with Crippen molar-refractivity contribution in [1.29, 1.82) is 0 Å². The van der Waals surface area contributed by atoms with Crippen LogP contribution in [0.2, 0.25) is 5.02 Å². The van der Waals surface area contributed by atoms with E-state index < -0.39 is 0 Å². The fraction of sp³-hybridized carbons (Fsp3) is 0.0833. The molecule has 0 unspecified atom stereocenters. The molecule has 0 radical (unpaired) electrons. The fourth-order valence-electron chi connectivity index (χ4n) is 2.06. The van der Waals surface area contributed by atoms with E-state index in [1.165, 1.54) is 6.07 Å². The van der Waals surface area contributed by atoms with Crippen molar-refractivity contribution in [2.45, 2.75) is 6.92 Å². The maximum Gasteiger partial charge on any atom is 0.249 e. The van der Waals surface area contributed by atoms with E-state index in [4.69, 9.17) is 11.6 Å². The Morgan fingerprint density at radius 1 is 1.12 bits per heavy atom. The van der Waals surface area contributed by atoms with Crippen molar-refractivity contribution in [3.05, 3.63) is 45.3 Å². The molecule has 0 aliphatic rings. The summed E-state index contributed by atoms with van der Waals surface area (Å²) >= 11 is 6.12. The Hall–Kier alpha value is -1.74. The van der Waals surface area contributed by atoms with Crippen molar-refractivity contribution in [3.8, 4) is 0 Å². The Balaban J connectivity index is 2.64. The van der Waals surface area contributed by atoms with Gasteiger partial charge in [0.05, 0.1) is 10.5 Å². The van der Waals surface area contributed by atoms with E-state index in [1.807, 2.05) is 25.1 Å². The molecule has 3 rings (SSSR count). The first-order valence-electron chi connectivity index (χ1n) is 4.96. The van der Waals surface area contributed by atoms with Crippen LogP contribution >= 0.6 is 11.6 Å². The Labute approximate surface area is 96.1 Å². The Bertz CT molecular complexity index is 755. The highest BCUT2D eigenvalue weighted by Gasteiger charge is 2.07. The van der Waals surface area contributed by atoms with Gasteiger partial charge in [0.1, 0.15) is 0 Å². The lowest BCUT2D eigenvalue weighted by Gasteiger charge is -2.01. The number of aromatic amines is 2. The summed E-state index contributed by atoms with van der Waals surface area (Å²) in [7, 11) is 0. The molecule has 0 spiro atoms. The van der Waals surface area contributed by atoms with Gasteiger partial charge >= 0.3 is 0 Å². The van der Waals surface area contributed by atoms with Crippen LogP contribution in [0.4, 0.5) is 0 Å². The first-order valence-corrected chi connectivity index (χ1v) is 5.34. The molecule has 0 aliphatic heterocycles. The lowest BCUT2D eigenvalue weighted by atomic mass is 10.1. The molecule has 0 atom stereocenters. The van der Waals surface area contributed by atoms with Gasteiger partial charge in [-0.3, -0.25) is 4.79 Å². The Morgan fingerprint density at radius 3 is 2.69 bits per heavy atom. The molecule has 3 nitrogen and oxygen atoms in total. The minimum atomic E-state index is -0.177. The third-order valence-electron chi connectivity index (χ3n) is 2.69. The zero-order valence-electron chi connectivity index (χ0n) is 8.60. The minimum absolute atomic E-state index is 0.177. The number of hydrogen-bond acceptors (Lipinski definition) is 1. The van der Waals surface area contributed by atoms with E-state index in [-0.39, 0.29) is 5.56 Å². The molecule has 2 N–H and O–H groups in total. The zero-order chi connectivity index (χ0) is 11.3. The smallest absolute Gasteiger partial charge is 0.249 e. The van der Waals surface area contributed by atoms with Crippen LogP contribution < -0.4 is 5.56 Å². The molecular weight excluding hydrogens is 224 g/mol. The highest BCUT2D eigenvalue weighted by atomic mass is 35.5. The molecule has 80 valence electrons. The van der Waals surface area contributed by atoms with Crippen LogP contribution in [0, 0.1) is 6.92 Å². The average Bonchev–Trinajstić information content (AvgIpc) is 2.56. The molecule has 16 heavy (non-hydrogen) atoms. The van der Waals surface area contributed by atoms with Gasteiger partial charge in [-0.15, -0.1) is 0 Å². The van der Waals surface area contributed by atoms with Crippen molar-refractivity contribution in [2.24, 2.45) is 0 Å². The molecule has 0 aliphatic carbocycles. The number of pyridine rings is 1. The van der Waals surface area contributed by atoms with Crippen molar-refractivity contribution in [2.75, 3.05) is 0 Å². The molecular formula is C12H9ClN2O. The van der Waals surface area contributed by atoms with Crippen LogP contribution in [-0.4, -0.2) is 9.97 Å². The quantitative estimate of drug-likeness (QED) is 0.615. The van der Waals surface area contributed by atoms with E-state index in [0.717, 1.165) is 27.5 Å². The second kappa shape index (κ2) is 3.12. The number of aryl methyl sites for hydroxylation is 1. The molecule has 0 saturated heterocycles. The average molecular weight is 233 g/mol. The number of H-pyrrole nitrogens is 2. The lowest BCUT2D eigenvalue weighted by molar-refractivity contribution is 1.30. The number of benzene rings is 1. The van der Waals surface area contributed by atoms with E-state index in [2.05, 4.69) is 9.97 Å². The first kappa shape index (κ1) is 9.48. The standard InChI is InChI=1S/C12H9ClN2O/c1-6-4-7-9(14-6)2-3-10-12(7)8(13)5-11(16)15-10/h2-5,14H,1H3,(H,15,16). The third-order valence-corrected chi connectivity index (χ3v) is 2.99. The fourth-order valence-corrected chi connectivity index (χ4v) is 2.36. The molecule has 2 heterocycles. The van der Waals surface area contributed by atoms with Gasteiger partial charge < -0.3 is 9.97 Å². The van der Waals surface area contributed by atoms with Gasteiger partial charge in [0.2, 0.25) is 5.56 Å².